The van der Waals surface area contributed by atoms with Crippen molar-refractivity contribution in [2.24, 2.45) is 0 Å². The van der Waals surface area contributed by atoms with Gasteiger partial charge in [0.25, 0.3) is 23.6 Å². The first-order valence-corrected chi connectivity index (χ1v) is 19.8. The van der Waals surface area contributed by atoms with Crippen LogP contribution in [0, 0.1) is 17.9 Å². The molecule has 0 aromatic heterocycles. The number of carbonyl (C=O) groups is 4. The van der Waals surface area contributed by atoms with Crippen LogP contribution in [0.1, 0.15) is 148 Å². The molecule has 284 valence electrons. The molecule has 0 saturated carbocycles. The molecule has 2 heterocycles. The Morgan fingerprint density at radius 3 is 1.31 bits per heavy atom. The number of hydrogen-bond donors (Lipinski definition) is 0. The topological polar surface area (TPSA) is 103 Å². The van der Waals surface area contributed by atoms with Gasteiger partial charge in [-0.2, -0.15) is 5.26 Å². The van der Waals surface area contributed by atoms with Crippen LogP contribution in [0.5, 0.6) is 0 Å². The van der Waals surface area contributed by atoms with Crippen molar-refractivity contribution in [1.82, 2.24) is 0 Å². The Bertz CT molecular complexity index is 2950. The molecule has 4 amide bonds. The number of anilines is 2. The third-order valence-corrected chi connectivity index (χ3v) is 12.2. The largest absolute Gasteiger partial charge is 0.268 e. The molecule has 0 spiro atoms. The van der Waals surface area contributed by atoms with Gasteiger partial charge in [-0.15, -0.1) is 0 Å². The van der Waals surface area contributed by atoms with Crippen molar-refractivity contribution in [3.63, 3.8) is 0 Å². The highest BCUT2D eigenvalue weighted by atomic mass is 16.2. The molecule has 0 fully saturated rings. The summed E-state index contributed by atoms with van der Waals surface area (Å²) in [5, 5.41) is 14.9. The summed E-state index contributed by atoms with van der Waals surface area (Å²) >= 11 is 0. The highest BCUT2D eigenvalue weighted by Crippen LogP contribution is 2.52. The Morgan fingerprint density at radius 2 is 0.897 bits per heavy atom. The molecule has 0 atom stereocenters. The van der Waals surface area contributed by atoms with Gasteiger partial charge in [-0.3, -0.25) is 19.2 Å². The number of carbonyl (C=O) groups excluding carboxylic acids is 4. The van der Waals surface area contributed by atoms with Crippen molar-refractivity contribution in [1.29, 1.82) is 5.26 Å². The lowest BCUT2D eigenvalue weighted by atomic mass is 9.79. The van der Waals surface area contributed by atoms with E-state index in [9.17, 15) is 24.4 Å². The third-order valence-electron chi connectivity index (χ3n) is 12.2. The van der Waals surface area contributed by atoms with Crippen LogP contribution in [0.4, 0.5) is 17.1 Å². The zero-order valence-corrected chi connectivity index (χ0v) is 33.7. The van der Waals surface area contributed by atoms with Gasteiger partial charge in [0.1, 0.15) is 0 Å². The van der Waals surface area contributed by atoms with E-state index >= 15 is 0 Å². The molecular formula is C50H40N4O4. The zero-order valence-electron chi connectivity index (χ0n) is 33.7. The molecule has 0 radical (unpaired) electrons. The van der Waals surface area contributed by atoms with Crippen LogP contribution in [-0.2, 0) is 0 Å². The Morgan fingerprint density at radius 1 is 0.500 bits per heavy atom. The molecule has 58 heavy (non-hydrogen) atoms. The summed E-state index contributed by atoms with van der Waals surface area (Å²) in [5.41, 5.74) is 6.07. The second-order valence-electron chi connectivity index (χ2n) is 16.8. The van der Waals surface area contributed by atoms with Gasteiger partial charge in [-0.25, -0.2) is 14.6 Å². The zero-order chi connectivity index (χ0) is 41.2. The van der Waals surface area contributed by atoms with Gasteiger partial charge in [0.15, 0.2) is 5.69 Å². The SMILES string of the molecule is [C-]#[N+]c1cc2c3c(cc(C#N)c4c5ccc6c7c(ccc(c1c34)c75)C(=O)N(c1c(C(C)C)cccc1C(C)C)C6=O)C(=O)N(c1c(C(C)C)cccc1C(C)C)C2=O. The van der Waals surface area contributed by atoms with Gasteiger partial charge in [0.05, 0.1) is 35.1 Å². The maximum absolute atomic E-state index is 14.9. The first-order chi connectivity index (χ1) is 27.7. The number of fused-ring (bicyclic) bond motifs is 2. The Hall–Kier alpha value is -6.90. The van der Waals surface area contributed by atoms with Crippen LogP contribution in [0.15, 0.2) is 72.8 Å². The van der Waals surface area contributed by atoms with Crippen LogP contribution < -0.4 is 9.80 Å². The van der Waals surface area contributed by atoms with E-state index in [0.29, 0.717) is 65.6 Å². The third kappa shape index (κ3) is 4.72. The van der Waals surface area contributed by atoms with Gasteiger partial charge in [-0.1, -0.05) is 104 Å². The highest BCUT2D eigenvalue weighted by molar-refractivity contribution is 6.47. The summed E-state index contributed by atoms with van der Waals surface area (Å²) in [6.07, 6.45) is 0. The molecule has 0 aliphatic carbocycles. The average molecular weight is 761 g/mol. The van der Waals surface area contributed by atoms with Crippen molar-refractivity contribution >= 4 is 83.8 Å². The fraction of sp³-hybridized carbons (Fsp3) is 0.240. The van der Waals surface area contributed by atoms with Gasteiger partial charge in [-0.05, 0) is 97.1 Å². The number of benzene rings is 7. The van der Waals surface area contributed by atoms with Gasteiger partial charge in [0, 0.05) is 32.8 Å². The molecule has 7 aromatic rings. The summed E-state index contributed by atoms with van der Waals surface area (Å²) in [6.45, 7) is 24.7. The quantitative estimate of drug-likeness (QED) is 0.0726. The molecule has 9 rings (SSSR count). The smallest absolute Gasteiger partial charge is 0.266 e. The lowest BCUT2D eigenvalue weighted by Crippen LogP contribution is -2.42. The van der Waals surface area contributed by atoms with Gasteiger partial charge >= 0.3 is 0 Å². The lowest BCUT2D eigenvalue weighted by molar-refractivity contribution is 0.0877. The molecule has 8 nitrogen and oxygen atoms in total. The van der Waals surface area contributed by atoms with E-state index in [1.54, 1.807) is 36.4 Å². The Kier molecular flexibility index (Phi) is 8.11. The Labute approximate surface area is 336 Å². The van der Waals surface area contributed by atoms with Crippen LogP contribution in [0.2, 0.25) is 0 Å². The summed E-state index contributed by atoms with van der Waals surface area (Å²) in [5.74, 6) is -1.91. The normalized spacial score (nSPS) is 14.2. The van der Waals surface area contributed by atoms with E-state index in [4.69, 9.17) is 6.57 Å². The monoisotopic (exact) mass is 760 g/mol. The average Bonchev–Trinajstić information content (AvgIpc) is 3.20. The molecule has 0 N–H and O–H groups in total. The van der Waals surface area contributed by atoms with Crippen molar-refractivity contribution < 1.29 is 19.2 Å². The fourth-order valence-electron chi connectivity index (χ4n) is 9.57. The standard InChI is InChI=1S/C50H40N4O4/c1-23(2)28-12-10-13-29(24(3)4)45(28)53-47(55)34-18-16-32-39-27(22-51)20-36-42-37(50(58)54(49(36)57)46-30(25(5)6)14-11-15-31(46)26(7)8)21-38(52-9)43(44(39)42)33-17-19-35(48(53)56)41(34)40(32)33/h10-21,23-26H,1-8H3. The van der Waals surface area contributed by atoms with Crippen molar-refractivity contribution in [2.75, 3.05) is 9.80 Å². The predicted molar refractivity (Wildman–Crippen MR) is 230 cm³/mol. The molecule has 2 aliphatic rings. The first kappa shape index (κ1) is 36.7. The minimum atomic E-state index is -0.535. The predicted octanol–water partition coefficient (Wildman–Crippen LogP) is 12.3. The maximum Gasteiger partial charge on any atom is 0.266 e. The second kappa shape index (κ2) is 12.8. The summed E-state index contributed by atoms with van der Waals surface area (Å²) in [4.78, 5) is 65.9. The molecule has 2 aliphatic heterocycles. The molecule has 0 unspecified atom stereocenters. The van der Waals surface area contributed by atoms with E-state index < -0.39 is 23.6 Å². The van der Waals surface area contributed by atoms with Crippen LogP contribution >= 0.6 is 0 Å². The Balaban J connectivity index is 1.37. The first-order valence-electron chi connectivity index (χ1n) is 19.8. The number of hydrogen-bond acceptors (Lipinski definition) is 5. The summed E-state index contributed by atoms with van der Waals surface area (Å²) in [7, 11) is 0. The van der Waals surface area contributed by atoms with E-state index in [2.05, 4.69) is 10.9 Å². The highest BCUT2D eigenvalue weighted by Gasteiger charge is 2.41. The summed E-state index contributed by atoms with van der Waals surface area (Å²) < 4.78 is 0. The molecule has 0 saturated heterocycles. The number of rotatable bonds is 6. The molecule has 8 heteroatoms. The number of nitrogens with zero attached hydrogens (tertiary/aromatic N) is 4. The van der Waals surface area contributed by atoms with Crippen molar-refractivity contribution in [3.05, 3.63) is 134 Å². The van der Waals surface area contributed by atoms with Gasteiger partial charge < -0.3 is 0 Å². The van der Waals surface area contributed by atoms with E-state index in [-0.39, 0.29) is 46.0 Å². The van der Waals surface area contributed by atoms with E-state index in [1.807, 2.05) is 91.8 Å². The van der Waals surface area contributed by atoms with Crippen molar-refractivity contribution in [3.8, 4) is 6.07 Å². The molecular weight excluding hydrogens is 721 g/mol. The number of imide groups is 2. The lowest BCUT2D eigenvalue weighted by Gasteiger charge is -2.34. The van der Waals surface area contributed by atoms with Crippen LogP contribution in [0.25, 0.3) is 47.9 Å². The minimum absolute atomic E-state index is 0.00815. The molecule has 7 aromatic carbocycles. The summed E-state index contributed by atoms with van der Waals surface area (Å²) in [6, 6.07) is 24.2. The number of nitriles is 1. The molecule has 0 bridgehead atoms. The van der Waals surface area contributed by atoms with Crippen LogP contribution in [-0.4, -0.2) is 23.6 Å². The minimum Gasteiger partial charge on any atom is -0.268 e. The fourth-order valence-corrected chi connectivity index (χ4v) is 9.57. The number of amides is 4. The maximum atomic E-state index is 14.9. The van der Waals surface area contributed by atoms with E-state index in [1.165, 1.54) is 9.80 Å². The van der Waals surface area contributed by atoms with E-state index in [0.717, 1.165) is 22.3 Å². The van der Waals surface area contributed by atoms with Crippen LogP contribution in [0.3, 0.4) is 0 Å². The van der Waals surface area contributed by atoms with Gasteiger partial charge in [0.2, 0.25) is 0 Å². The second-order valence-corrected chi connectivity index (χ2v) is 16.8. The number of para-hydroxylation sites is 2. The van der Waals surface area contributed by atoms with Crippen molar-refractivity contribution in [2.45, 2.75) is 79.1 Å².